The van der Waals surface area contributed by atoms with Crippen molar-refractivity contribution in [1.82, 2.24) is 5.32 Å². The number of hydrogen-bond acceptors (Lipinski definition) is 2. The highest BCUT2D eigenvalue weighted by Gasteiger charge is 2.21. The van der Waals surface area contributed by atoms with Crippen LogP contribution in [-0.4, -0.2) is 7.05 Å². The quantitative estimate of drug-likeness (QED) is 0.872. The zero-order valence-corrected chi connectivity index (χ0v) is 10.6. The van der Waals surface area contributed by atoms with Gasteiger partial charge in [-0.15, -0.1) is 0 Å². The second kappa shape index (κ2) is 5.56. The summed E-state index contributed by atoms with van der Waals surface area (Å²) in [6, 6.07) is 2.42. The van der Waals surface area contributed by atoms with Gasteiger partial charge in [0.1, 0.15) is 0 Å². The van der Waals surface area contributed by atoms with Gasteiger partial charge in [0.2, 0.25) is 0 Å². The van der Waals surface area contributed by atoms with Gasteiger partial charge in [-0.2, -0.15) is 0 Å². The van der Waals surface area contributed by atoms with Crippen LogP contribution in [0.25, 0.3) is 0 Å². The first kappa shape index (κ1) is 11.8. The van der Waals surface area contributed by atoms with Gasteiger partial charge in [-0.3, -0.25) is 0 Å². The molecule has 1 aromatic rings. The minimum Gasteiger partial charge on any atom is -0.457 e. The minimum atomic E-state index is 0.387. The lowest BCUT2D eigenvalue weighted by atomic mass is 9.90. The zero-order valence-electron chi connectivity index (χ0n) is 9.01. The Morgan fingerprint density at radius 2 is 2.07 bits per heavy atom. The molecule has 0 saturated heterocycles. The highest BCUT2D eigenvalue weighted by molar-refractivity contribution is 9.10. The molecule has 0 aliphatic rings. The Balaban J connectivity index is 2.86. The van der Waals surface area contributed by atoms with Crippen molar-refractivity contribution in [3.05, 3.63) is 22.6 Å². The molecule has 0 aromatic carbocycles. The van der Waals surface area contributed by atoms with E-state index in [0.29, 0.717) is 12.0 Å². The van der Waals surface area contributed by atoms with Crippen molar-refractivity contribution in [3.8, 4) is 0 Å². The molecule has 80 valence electrons. The second-order valence-corrected chi connectivity index (χ2v) is 4.21. The Morgan fingerprint density at radius 3 is 2.43 bits per heavy atom. The third-order valence-electron chi connectivity index (χ3n) is 2.81. The summed E-state index contributed by atoms with van der Waals surface area (Å²) in [4.78, 5) is 0. The fourth-order valence-electron chi connectivity index (χ4n) is 1.93. The molecule has 14 heavy (non-hydrogen) atoms. The maximum atomic E-state index is 5.26. The van der Waals surface area contributed by atoms with E-state index in [0.717, 1.165) is 4.67 Å². The molecule has 0 fully saturated rings. The number of nitrogens with one attached hydrogen (secondary N) is 1. The van der Waals surface area contributed by atoms with Crippen molar-refractivity contribution >= 4 is 15.9 Å². The number of rotatable bonds is 5. The lowest BCUT2D eigenvalue weighted by molar-refractivity contribution is 0.355. The van der Waals surface area contributed by atoms with Crippen LogP contribution in [0.4, 0.5) is 0 Å². The van der Waals surface area contributed by atoms with Gasteiger partial charge in [0, 0.05) is 11.6 Å². The fraction of sp³-hybridized carbons (Fsp3) is 0.636. The van der Waals surface area contributed by atoms with E-state index in [-0.39, 0.29) is 0 Å². The summed E-state index contributed by atoms with van der Waals surface area (Å²) < 4.78 is 6.11. The molecule has 1 rings (SSSR count). The molecule has 0 bridgehead atoms. The highest BCUT2D eigenvalue weighted by atomic mass is 79.9. The predicted molar refractivity (Wildman–Crippen MR) is 62.3 cm³/mol. The van der Waals surface area contributed by atoms with Gasteiger partial charge < -0.3 is 9.73 Å². The SMILES string of the molecule is CCC(CC)C(NC)c1ccoc1Br. The second-order valence-electron chi connectivity index (χ2n) is 3.49. The van der Waals surface area contributed by atoms with Crippen LogP contribution in [0.15, 0.2) is 21.4 Å². The van der Waals surface area contributed by atoms with E-state index in [9.17, 15) is 0 Å². The molecule has 1 unspecified atom stereocenters. The van der Waals surface area contributed by atoms with Crippen LogP contribution in [0.3, 0.4) is 0 Å². The first-order chi connectivity index (χ1) is 6.74. The van der Waals surface area contributed by atoms with Gasteiger partial charge in [0.25, 0.3) is 0 Å². The van der Waals surface area contributed by atoms with Crippen molar-refractivity contribution in [2.45, 2.75) is 32.7 Å². The molecule has 1 heterocycles. The average molecular weight is 260 g/mol. The molecule has 1 aromatic heterocycles. The smallest absolute Gasteiger partial charge is 0.173 e. The molecule has 1 N–H and O–H groups in total. The number of furan rings is 1. The van der Waals surface area contributed by atoms with E-state index in [2.05, 4.69) is 35.1 Å². The maximum absolute atomic E-state index is 5.26. The molecule has 2 nitrogen and oxygen atoms in total. The summed E-state index contributed by atoms with van der Waals surface area (Å²) in [5, 5.41) is 3.36. The Bertz CT molecular complexity index is 268. The van der Waals surface area contributed by atoms with E-state index < -0.39 is 0 Å². The summed E-state index contributed by atoms with van der Waals surface area (Å²) in [5.74, 6) is 0.661. The maximum Gasteiger partial charge on any atom is 0.173 e. The van der Waals surface area contributed by atoms with E-state index in [1.54, 1.807) is 6.26 Å². The summed E-state index contributed by atoms with van der Waals surface area (Å²) in [6.07, 6.45) is 4.09. The first-order valence-electron chi connectivity index (χ1n) is 5.14. The van der Waals surface area contributed by atoms with Crippen LogP contribution in [-0.2, 0) is 0 Å². The average Bonchev–Trinajstić information content (AvgIpc) is 2.61. The molecule has 0 saturated carbocycles. The molecule has 1 atom stereocenters. The van der Waals surface area contributed by atoms with E-state index in [4.69, 9.17) is 4.42 Å². The van der Waals surface area contributed by atoms with Gasteiger partial charge in [-0.05, 0) is 35.0 Å². The van der Waals surface area contributed by atoms with Crippen LogP contribution in [0, 0.1) is 5.92 Å². The predicted octanol–water partition coefficient (Wildman–Crippen LogP) is 3.74. The van der Waals surface area contributed by atoms with Crippen LogP contribution >= 0.6 is 15.9 Å². The van der Waals surface area contributed by atoms with Crippen molar-refractivity contribution < 1.29 is 4.42 Å². The van der Waals surface area contributed by atoms with E-state index >= 15 is 0 Å². The van der Waals surface area contributed by atoms with Gasteiger partial charge in [-0.25, -0.2) is 0 Å². The van der Waals surface area contributed by atoms with Crippen LogP contribution in [0.2, 0.25) is 0 Å². The summed E-state index contributed by atoms with van der Waals surface area (Å²) >= 11 is 3.43. The van der Waals surface area contributed by atoms with Crippen LogP contribution in [0.1, 0.15) is 38.3 Å². The van der Waals surface area contributed by atoms with Crippen molar-refractivity contribution in [3.63, 3.8) is 0 Å². The van der Waals surface area contributed by atoms with Crippen LogP contribution < -0.4 is 5.32 Å². The van der Waals surface area contributed by atoms with Crippen molar-refractivity contribution in [1.29, 1.82) is 0 Å². The topological polar surface area (TPSA) is 25.2 Å². The Hall–Kier alpha value is -0.280. The van der Waals surface area contributed by atoms with Crippen molar-refractivity contribution in [2.75, 3.05) is 7.05 Å². The van der Waals surface area contributed by atoms with Gasteiger partial charge >= 0.3 is 0 Å². The monoisotopic (exact) mass is 259 g/mol. The lowest BCUT2D eigenvalue weighted by Gasteiger charge is -2.24. The van der Waals surface area contributed by atoms with Crippen molar-refractivity contribution in [2.24, 2.45) is 5.92 Å². The van der Waals surface area contributed by atoms with Gasteiger partial charge in [0.15, 0.2) is 4.67 Å². The van der Waals surface area contributed by atoms with Gasteiger partial charge in [-0.1, -0.05) is 26.7 Å². The van der Waals surface area contributed by atoms with Gasteiger partial charge in [0.05, 0.1) is 6.26 Å². The van der Waals surface area contributed by atoms with E-state index in [1.807, 2.05) is 13.1 Å². The van der Waals surface area contributed by atoms with E-state index in [1.165, 1.54) is 18.4 Å². The summed E-state index contributed by atoms with van der Waals surface area (Å²) in [5.41, 5.74) is 1.22. The van der Waals surface area contributed by atoms with Crippen LogP contribution in [0.5, 0.6) is 0 Å². The normalized spacial score (nSPS) is 13.5. The molecule has 3 heteroatoms. The molecule has 0 aliphatic heterocycles. The molecule has 0 radical (unpaired) electrons. The Labute approximate surface area is 94.2 Å². The Kier molecular flexibility index (Phi) is 4.69. The highest BCUT2D eigenvalue weighted by Crippen LogP contribution is 2.32. The third kappa shape index (κ3) is 2.39. The Morgan fingerprint density at radius 1 is 1.43 bits per heavy atom. The molecular formula is C11H18BrNO. The number of halogens is 1. The lowest BCUT2D eigenvalue weighted by Crippen LogP contribution is -2.24. The number of hydrogen-bond donors (Lipinski definition) is 1. The molecule has 0 spiro atoms. The first-order valence-corrected chi connectivity index (χ1v) is 5.94. The fourth-order valence-corrected chi connectivity index (χ4v) is 2.42. The zero-order chi connectivity index (χ0) is 10.6. The molecule has 0 amide bonds. The largest absolute Gasteiger partial charge is 0.457 e. The molecular weight excluding hydrogens is 242 g/mol. The minimum absolute atomic E-state index is 0.387. The molecule has 0 aliphatic carbocycles. The summed E-state index contributed by atoms with van der Waals surface area (Å²) in [6.45, 7) is 4.46. The summed E-state index contributed by atoms with van der Waals surface area (Å²) in [7, 11) is 2.00. The standard InChI is InChI=1S/C11H18BrNO/c1-4-8(5-2)10(13-3)9-6-7-14-11(9)12/h6-8,10,13H,4-5H2,1-3H3. The third-order valence-corrected chi connectivity index (χ3v) is 3.46.